The van der Waals surface area contributed by atoms with Crippen LogP contribution in [-0.4, -0.2) is 24.2 Å². The third-order valence-corrected chi connectivity index (χ3v) is 5.52. The van der Waals surface area contributed by atoms with Crippen LogP contribution in [0.4, 0.5) is 5.69 Å². The largest absolute Gasteiger partial charge is 0.377 e. The molecule has 0 bridgehead atoms. The van der Waals surface area contributed by atoms with Crippen LogP contribution in [0.1, 0.15) is 26.7 Å². The van der Waals surface area contributed by atoms with Crippen LogP contribution in [0.3, 0.4) is 0 Å². The smallest absolute Gasteiger partial charge is 0.245 e. The monoisotopic (exact) mass is 316 g/mol. The van der Waals surface area contributed by atoms with Crippen LogP contribution in [0.5, 0.6) is 0 Å². The van der Waals surface area contributed by atoms with Crippen molar-refractivity contribution < 1.29 is 9.53 Å². The number of rotatable bonds is 2. The van der Waals surface area contributed by atoms with Crippen LogP contribution in [-0.2, 0) is 9.53 Å². The lowest BCUT2D eigenvalue weighted by molar-refractivity contribution is -0.222. The summed E-state index contributed by atoms with van der Waals surface area (Å²) in [7, 11) is 0. The third kappa shape index (κ3) is 1.99. The highest BCUT2D eigenvalue weighted by Crippen LogP contribution is 2.57. The Morgan fingerprint density at radius 2 is 2.30 bits per heavy atom. The second kappa shape index (κ2) is 5.30. The number of fused-ring (bicyclic) bond motifs is 1. The normalized spacial score (nSPS) is 34.4. The van der Waals surface area contributed by atoms with Crippen LogP contribution >= 0.6 is 23.7 Å². The molecular formula is C14H21ClN2O2S. The molecule has 1 aliphatic heterocycles. The zero-order chi connectivity index (χ0) is 13.7. The summed E-state index contributed by atoms with van der Waals surface area (Å²) in [5.41, 5.74) is 6.18. The first-order valence-corrected chi connectivity index (χ1v) is 7.66. The van der Waals surface area contributed by atoms with E-state index in [4.69, 9.17) is 10.5 Å². The highest BCUT2D eigenvalue weighted by molar-refractivity contribution is 7.08. The lowest BCUT2D eigenvalue weighted by Crippen LogP contribution is -2.81. The number of carbonyl (C=O) groups is 1. The Kier molecular flexibility index (Phi) is 4.17. The lowest BCUT2D eigenvalue weighted by Gasteiger charge is -2.65. The van der Waals surface area contributed by atoms with E-state index in [0.717, 1.165) is 25.1 Å². The van der Waals surface area contributed by atoms with Crippen molar-refractivity contribution in [3.05, 3.63) is 16.8 Å². The van der Waals surface area contributed by atoms with E-state index in [2.05, 4.69) is 5.32 Å². The average Bonchev–Trinajstić information content (AvgIpc) is 2.90. The first-order chi connectivity index (χ1) is 8.98. The van der Waals surface area contributed by atoms with E-state index in [1.54, 1.807) is 11.3 Å². The zero-order valence-electron chi connectivity index (χ0n) is 11.7. The number of halogens is 1. The van der Waals surface area contributed by atoms with Gasteiger partial charge in [0.2, 0.25) is 5.91 Å². The van der Waals surface area contributed by atoms with Gasteiger partial charge in [0.25, 0.3) is 0 Å². The third-order valence-electron chi connectivity index (χ3n) is 4.84. The molecule has 20 heavy (non-hydrogen) atoms. The maximum absolute atomic E-state index is 12.6. The molecule has 0 radical (unpaired) electrons. The molecule has 6 heteroatoms. The molecule has 3 atom stereocenters. The molecule has 1 aliphatic carbocycles. The number of thiophene rings is 1. The summed E-state index contributed by atoms with van der Waals surface area (Å²) >= 11 is 1.56. The van der Waals surface area contributed by atoms with E-state index in [1.807, 2.05) is 30.7 Å². The number of ether oxygens (including phenoxy) is 1. The molecule has 1 aromatic rings. The molecule has 3 unspecified atom stereocenters. The summed E-state index contributed by atoms with van der Waals surface area (Å²) in [5.74, 6) is 0.0533. The number of carbonyl (C=O) groups excluding carboxylic acids is 1. The molecule has 112 valence electrons. The van der Waals surface area contributed by atoms with E-state index >= 15 is 0 Å². The fraction of sp³-hybridized carbons (Fsp3) is 0.643. The lowest BCUT2D eigenvalue weighted by atomic mass is 9.46. The van der Waals surface area contributed by atoms with Crippen molar-refractivity contribution in [1.82, 2.24) is 0 Å². The summed E-state index contributed by atoms with van der Waals surface area (Å²) in [5, 5.41) is 6.80. The van der Waals surface area contributed by atoms with Gasteiger partial charge in [-0.1, -0.05) is 13.8 Å². The minimum absolute atomic E-state index is 0. The van der Waals surface area contributed by atoms with Gasteiger partial charge in [-0.15, -0.1) is 12.4 Å². The van der Waals surface area contributed by atoms with Crippen molar-refractivity contribution in [1.29, 1.82) is 0 Å². The van der Waals surface area contributed by atoms with Gasteiger partial charge in [0.15, 0.2) is 0 Å². The van der Waals surface area contributed by atoms with E-state index in [1.165, 1.54) is 0 Å². The molecule has 2 heterocycles. The van der Waals surface area contributed by atoms with Crippen molar-refractivity contribution in [2.24, 2.45) is 17.1 Å². The molecule has 4 nitrogen and oxygen atoms in total. The Labute approximate surface area is 129 Å². The van der Waals surface area contributed by atoms with Crippen molar-refractivity contribution in [3.8, 4) is 0 Å². The Bertz CT molecular complexity index is 491. The van der Waals surface area contributed by atoms with E-state index < -0.39 is 5.54 Å². The molecule has 2 aliphatic rings. The van der Waals surface area contributed by atoms with Crippen molar-refractivity contribution in [3.63, 3.8) is 0 Å². The molecular weight excluding hydrogens is 296 g/mol. The Hall–Kier alpha value is -0.620. The maximum atomic E-state index is 12.6. The second-order valence-electron chi connectivity index (χ2n) is 6.10. The van der Waals surface area contributed by atoms with Crippen molar-refractivity contribution >= 4 is 35.3 Å². The van der Waals surface area contributed by atoms with Gasteiger partial charge < -0.3 is 15.8 Å². The van der Waals surface area contributed by atoms with E-state index in [9.17, 15) is 4.79 Å². The summed E-state index contributed by atoms with van der Waals surface area (Å²) in [4.78, 5) is 12.6. The topological polar surface area (TPSA) is 64.3 Å². The van der Waals surface area contributed by atoms with Crippen LogP contribution in [0, 0.1) is 11.3 Å². The molecule has 0 aromatic carbocycles. The standard InChI is InChI=1S/C14H20N2O2S.ClH/c1-13(2)11-10(4-3-6-18-11)14(13,15)12(17)16-9-5-7-19-8-9;/h5,7-8,10-11H,3-4,6,15H2,1-2H3,(H,16,17);1H. The minimum atomic E-state index is -0.833. The van der Waals surface area contributed by atoms with Gasteiger partial charge in [-0.2, -0.15) is 11.3 Å². The van der Waals surface area contributed by atoms with Crippen molar-refractivity contribution in [2.75, 3.05) is 11.9 Å². The maximum Gasteiger partial charge on any atom is 0.245 e. The van der Waals surface area contributed by atoms with E-state index in [-0.39, 0.29) is 35.8 Å². The molecule has 1 saturated carbocycles. The fourth-order valence-electron chi connectivity index (χ4n) is 3.61. The molecule has 0 spiro atoms. The molecule has 1 aromatic heterocycles. The number of hydrogen-bond donors (Lipinski definition) is 2. The summed E-state index contributed by atoms with van der Waals surface area (Å²) in [6.07, 6.45) is 2.07. The number of nitrogens with one attached hydrogen (secondary N) is 1. The van der Waals surface area contributed by atoms with Gasteiger partial charge in [0.1, 0.15) is 5.54 Å². The summed E-state index contributed by atoms with van der Waals surface area (Å²) in [6.45, 7) is 4.85. The highest BCUT2D eigenvalue weighted by Gasteiger charge is 2.70. The average molecular weight is 317 g/mol. The minimum Gasteiger partial charge on any atom is -0.377 e. The van der Waals surface area contributed by atoms with Crippen LogP contribution in [0.25, 0.3) is 0 Å². The second-order valence-corrected chi connectivity index (χ2v) is 6.88. The van der Waals surface area contributed by atoms with Gasteiger partial charge in [-0.3, -0.25) is 4.79 Å². The predicted octanol–water partition coefficient (Wildman–Crippen LogP) is 2.64. The first-order valence-electron chi connectivity index (χ1n) is 6.72. The van der Waals surface area contributed by atoms with Crippen LogP contribution in [0.15, 0.2) is 16.8 Å². The first kappa shape index (κ1) is 15.8. The quantitative estimate of drug-likeness (QED) is 0.881. The predicted molar refractivity (Wildman–Crippen MR) is 83.4 cm³/mol. The van der Waals surface area contributed by atoms with Gasteiger partial charge in [-0.25, -0.2) is 0 Å². The van der Waals surface area contributed by atoms with Gasteiger partial charge in [0.05, 0.1) is 11.8 Å². The SMILES string of the molecule is CC1(C)C2OCCCC2C1(N)C(=O)Nc1ccsc1.Cl. The Morgan fingerprint density at radius 1 is 1.55 bits per heavy atom. The van der Waals surface area contributed by atoms with Crippen molar-refractivity contribution in [2.45, 2.75) is 38.3 Å². The molecule has 1 saturated heterocycles. The number of hydrogen-bond acceptors (Lipinski definition) is 4. The Morgan fingerprint density at radius 3 is 2.95 bits per heavy atom. The van der Waals surface area contributed by atoms with Gasteiger partial charge >= 0.3 is 0 Å². The van der Waals surface area contributed by atoms with Gasteiger partial charge in [0, 0.05) is 23.3 Å². The summed E-state index contributed by atoms with van der Waals surface area (Å²) < 4.78 is 5.82. The number of anilines is 1. The molecule has 2 fully saturated rings. The van der Waals surface area contributed by atoms with E-state index in [0.29, 0.717) is 0 Å². The number of nitrogens with two attached hydrogens (primary N) is 1. The molecule has 1 amide bonds. The molecule has 3 rings (SSSR count). The summed E-state index contributed by atoms with van der Waals surface area (Å²) in [6, 6.07) is 1.90. The fourth-order valence-corrected chi connectivity index (χ4v) is 4.19. The van der Waals surface area contributed by atoms with Crippen LogP contribution in [0.2, 0.25) is 0 Å². The molecule has 3 N–H and O–H groups in total. The highest BCUT2D eigenvalue weighted by atomic mass is 35.5. The number of amides is 1. The Balaban J connectivity index is 0.00000147. The van der Waals surface area contributed by atoms with Gasteiger partial charge in [-0.05, 0) is 24.3 Å². The zero-order valence-corrected chi connectivity index (χ0v) is 13.4. The van der Waals surface area contributed by atoms with Crippen LogP contribution < -0.4 is 11.1 Å².